The molecule has 2 saturated heterocycles. The topological polar surface area (TPSA) is 64.6 Å². The highest BCUT2D eigenvalue weighted by atomic mass is 16.6. The molecule has 6 nitrogen and oxygen atoms in total. The molecule has 2 aromatic rings. The maximum atomic E-state index is 12.6. The highest BCUT2D eigenvalue weighted by molar-refractivity contribution is 5.94. The summed E-state index contributed by atoms with van der Waals surface area (Å²) in [6.07, 6.45) is 8.34. The molecule has 0 unspecified atom stereocenters. The first kappa shape index (κ1) is 15.1. The second kappa shape index (κ2) is 6.20. The van der Waals surface area contributed by atoms with E-state index in [4.69, 9.17) is 9.47 Å². The standard InChI is InChI=1S/C18H19N3O3/c22-17(14-3-1-6-19-10-14)21-8-5-18(13-21)9-16(12-23-18)24-15-4-2-7-20-11-15/h1-4,6-7,10-11,16H,5,8-9,12-13H2/t16-,18-/m1/s1. The number of aromatic nitrogens is 2. The lowest BCUT2D eigenvalue weighted by molar-refractivity contribution is 0.00994. The Balaban J connectivity index is 1.39. The van der Waals surface area contributed by atoms with E-state index in [1.165, 1.54) is 0 Å². The SMILES string of the molecule is O=C(c1cccnc1)N1CC[C@@]2(C[C@@H](Oc3cccnc3)CO2)C1. The van der Waals surface area contributed by atoms with Crippen molar-refractivity contribution in [1.82, 2.24) is 14.9 Å². The number of ether oxygens (including phenoxy) is 2. The monoisotopic (exact) mass is 325 g/mol. The van der Waals surface area contributed by atoms with Crippen LogP contribution < -0.4 is 4.74 Å². The fourth-order valence-corrected chi connectivity index (χ4v) is 3.46. The minimum atomic E-state index is -0.287. The quantitative estimate of drug-likeness (QED) is 0.863. The summed E-state index contributed by atoms with van der Waals surface area (Å²) in [5.74, 6) is 0.768. The normalized spacial score (nSPS) is 26.0. The lowest BCUT2D eigenvalue weighted by Crippen LogP contribution is -2.36. The number of hydrogen-bond donors (Lipinski definition) is 0. The van der Waals surface area contributed by atoms with Gasteiger partial charge in [-0.2, -0.15) is 0 Å². The van der Waals surface area contributed by atoms with Gasteiger partial charge in [0.05, 0.1) is 30.5 Å². The molecule has 0 radical (unpaired) electrons. The van der Waals surface area contributed by atoms with Crippen molar-refractivity contribution in [3.8, 4) is 5.75 Å². The van der Waals surface area contributed by atoms with Crippen LogP contribution in [0.1, 0.15) is 23.2 Å². The number of likely N-dealkylation sites (tertiary alicyclic amines) is 1. The first-order valence-corrected chi connectivity index (χ1v) is 8.14. The van der Waals surface area contributed by atoms with Gasteiger partial charge in [-0.15, -0.1) is 0 Å². The smallest absolute Gasteiger partial charge is 0.255 e. The summed E-state index contributed by atoms with van der Waals surface area (Å²) in [4.78, 5) is 22.5. The zero-order valence-electron chi connectivity index (χ0n) is 13.3. The summed E-state index contributed by atoms with van der Waals surface area (Å²) in [5.41, 5.74) is 0.334. The summed E-state index contributed by atoms with van der Waals surface area (Å²) in [5, 5.41) is 0. The predicted molar refractivity (Wildman–Crippen MR) is 86.7 cm³/mol. The van der Waals surface area contributed by atoms with Crippen molar-refractivity contribution in [2.75, 3.05) is 19.7 Å². The van der Waals surface area contributed by atoms with Gasteiger partial charge in [-0.1, -0.05) is 0 Å². The molecule has 1 spiro atoms. The molecule has 4 rings (SSSR count). The van der Waals surface area contributed by atoms with Gasteiger partial charge in [0.1, 0.15) is 11.9 Å². The molecule has 1 amide bonds. The van der Waals surface area contributed by atoms with Crippen LogP contribution in [-0.4, -0.2) is 52.2 Å². The first-order valence-electron chi connectivity index (χ1n) is 8.14. The van der Waals surface area contributed by atoms with Gasteiger partial charge in [0.25, 0.3) is 5.91 Å². The average Bonchev–Trinajstić information content (AvgIpc) is 3.23. The van der Waals surface area contributed by atoms with Gasteiger partial charge in [0, 0.05) is 31.6 Å². The number of carbonyl (C=O) groups is 1. The van der Waals surface area contributed by atoms with Crippen molar-refractivity contribution in [3.63, 3.8) is 0 Å². The van der Waals surface area contributed by atoms with Crippen LogP contribution in [0.5, 0.6) is 5.75 Å². The van der Waals surface area contributed by atoms with Gasteiger partial charge < -0.3 is 14.4 Å². The Morgan fingerprint density at radius 1 is 1.25 bits per heavy atom. The van der Waals surface area contributed by atoms with Crippen molar-refractivity contribution in [3.05, 3.63) is 54.6 Å². The first-order chi connectivity index (χ1) is 11.7. The van der Waals surface area contributed by atoms with Gasteiger partial charge in [-0.25, -0.2) is 0 Å². The zero-order valence-corrected chi connectivity index (χ0v) is 13.3. The van der Waals surface area contributed by atoms with E-state index in [1.807, 2.05) is 17.0 Å². The van der Waals surface area contributed by atoms with E-state index in [-0.39, 0.29) is 17.6 Å². The number of hydrogen-bond acceptors (Lipinski definition) is 5. The molecule has 2 aliphatic heterocycles. The molecule has 2 aromatic heterocycles. The molecule has 2 atom stereocenters. The molecular weight excluding hydrogens is 306 g/mol. The second-order valence-corrected chi connectivity index (χ2v) is 6.35. The van der Waals surface area contributed by atoms with Crippen LogP contribution in [0.2, 0.25) is 0 Å². The maximum Gasteiger partial charge on any atom is 0.255 e. The molecule has 24 heavy (non-hydrogen) atoms. The van der Waals surface area contributed by atoms with E-state index < -0.39 is 0 Å². The third-order valence-corrected chi connectivity index (χ3v) is 4.62. The number of carbonyl (C=O) groups excluding carboxylic acids is 1. The van der Waals surface area contributed by atoms with Crippen molar-refractivity contribution in [1.29, 1.82) is 0 Å². The van der Waals surface area contributed by atoms with E-state index in [2.05, 4.69) is 9.97 Å². The van der Waals surface area contributed by atoms with Crippen LogP contribution in [0.15, 0.2) is 49.1 Å². The summed E-state index contributed by atoms with van der Waals surface area (Å²) in [7, 11) is 0. The minimum Gasteiger partial charge on any atom is -0.486 e. The maximum absolute atomic E-state index is 12.6. The van der Waals surface area contributed by atoms with Crippen molar-refractivity contribution in [2.45, 2.75) is 24.5 Å². The van der Waals surface area contributed by atoms with Crippen LogP contribution >= 0.6 is 0 Å². The Labute approximate surface area is 140 Å². The number of nitrogens with zero attached hydrogens (tertiary/aromatic N) is 3. The predicted octanol–water partition coefficient (Wildman–Crippen LogP) is 1.93. The van der Waals surface area contributed by atoms with Crippen LogP contribution in [0.4, 0.5) is 0 Å². The lowest BCUT2D eigenvalue weighted by Gasteiger charge is -2.23. The molecule has 6 heteroatoms. The van der Waals surface area contributed by atoms with E-state index >= 15 is 0 Å². The molecule has 2 fully saturated rings. The van der Waals surface area contributed by atoms with Crippen LogP contribution in [0, 0.1) is 0 Å². The summed E-state index contributed by atoms with van der Waals surface area (Å²) in [6, 6.07) is 7.32. The van der Waals surface area contributed by atoms with E-state index in [0.717, 1.165) is 18.6 Å². The largest absolute Gasteiger partial charge is 0.486 e. The Kier molecular flexibility index (Phi) is 3.90. The number of rotatable bonds is 3. The van der Waals surface area contributed by atoms with Crippen molar-refractivity contribution in [2.24, 2.45) is 0 Å². The Hall–Kier alpha value is -2.47. The van der Waals surface area contributed by atoms with Crippen molar-refractivity contribution >= 4 is 5.91 Å². The molecule has 4 heterocycles. The molecule has 0 N–H and O–H groups in total. The average molecular weight is 325 g/mol. The van der Waals surface area contributed by atoms with Crippen LogP contribution in [-0.2, 0) is 4.74 Å². The molecule has 2 aliphatic rings. The highest BCUT2D eigenvalue weighted by Crippen LogP contribution is 2.37. The molecule has 0 aliphatic carbocycles. The van der Waals surface area contributed by atoms with E-state index in [0.29, 0.717) is 25.3 Å². The number of amides is 1. The third-order valence-electron chi connectivity index (χ3n) is 4.62. The minimum absolute atomic E-state index is 0.00245. The van der Waals surface area contributed by atoms with E-state index in [1.54, 1.807) is 36.9 Å². The highest BCUT2D eigenvalue weighted by Gasteiger charge is 2.47. The zero-order chi connectivity index (χ0) is 16.4. The Morgan fingerprint density at radius 3 is 2.83 bits per heavy atom. The summed E-state index contributed by atoms with van der Waals surface area (Å²) >= 11 is 0. The van der Waals surface area contributed by atoms with Gasteiger partial charge in [0.15, 0.2) is 0 Å². The Morgan fingerprint density at radius 2 is 2.08 bits per heavy atom. The second-order valence-electron chi connectivity index (χ2n) is 6.35. The molecule has 0 bridgehead atoms. The molecule has 0 saturated carbocycles. The van der Waals surface area contributed by atoms with E-state index in [9.17, 15) is 4.79 Å². The fraction of sp³-hybridized carbons (Fsp3) is 0.389. The van der Waals surface area contributed by atoms with Gasteiger partial charge in [0.2, 0.25) is 0 Å². The molecular formula is C18H19N3O3. The van der Waals surface area contributed by atoms with Crippen LogP contribution in [0.25, 0.3) is 0 Å². The fourth-order valence-electron chi connectivity index (χ4n) is 3.46. The van der Waals surface area contributed by atoms with Crippen molar-refractivity contribution < 1.29 is 14.3 Å². The lowest BCUT2D eigenvalue weighted by atomic mass is 9.98. The van der Waals surface area contributed by atoms with Gasteiger partial charge in [-0.3, -0.25) is 14.8 Å². The molecule has 0 aromatic carbocycles. The molecule has 124 valence electrons. The van der Waals surface area contributed by atoms with Gasteiger partial charge in [-0.05, 0) is 30.7 Å². The van der Waals surface area contributed by atoms with Crippen LogP contribution in [0.3, 0.4) is 0 Å². The van der Waals surface area contributed by atoms with Gasteiger partial charge >= 0.3 is 0 Å². The Bertz CT molecular complexity index is 710. The summed E-state index contributed by atoms with van der Waals surface area (Å²) < 4.78 is 12.0. The number of pyridine rings is 2. The third kappa shape index (κ3) is 2.97. The summed E-state index contributed by atoms with van der Waals surface area (Å²) in [6.45, 7) is 1.85.